The first-order valence-electron chi connectivity index (χ1n) is 7.42. The Balaban J connectivity index is 1.50. The van der Waals surface area contributed by atoms with Crippen LogP contribution in [0.4, 0.5) is 4.39 Å². The zero-order valence-electron chi connectivity index (χ0n) is 12.6. The Morgan fingerprint density at radius 1 is 1.39 bits per heavy atom. The SMILES string of the molecule is Cn1cnnc1[C@@H]1CN(Cc2nc3cc(F)ccc3o2)CCO1. The average Bonchev–Trinajstić information content (AvgIpc) is 3.12. The van der Waals surface area contributed by atoms with Crippen molar-refractivity contribution in [1.82, 2.24) is 24.6 Å². The molecule has 0 spiro atoms. The van der Waals surface area contributed by atoms with Gasteiger partial charge in [0.15, 0.2) is 11.4 Å². The molecule has 3 aromatic rings. The number of morpholine rings is 1. The number of aromatic nitrogens is 4. The van der Waals surface area contributed by atoms with Crippen molar-refractivity contribution in [2.75, 3.05) is 19.7 Å². The summed E-state index contributed by atoms with van der Waals surface area (Å²) in [6.07, 6.45) is 1.53. The molecule has 120 valence electrons. The second kappa shape index (κ2) is 5.71. The smallest absolute Gasteiger partial charge is 0.209 e. The van der Waals surface area contributed by atoms with Crippen LogP contribution in [0.3, 0.4) is 0 Å². The van der Waals surface area contributed by atoms with Crippen LogP contribution in [-0.4, -0.2) is 44.3 Å². The molecular formula is C15H16FN5O2. The van der Waals surface area contributed by atoms with Crippen molar-refractivity contribution in [2.24, 2.45) is 7.05 Å². The Hall–Kier alpha value is -2.32. The van der Waals surface area contributed by atoms with Crippen LogP contribution in [0.15, 0.2) is 28.9 Å². The van der Waals surface area contributed by atoms with Gasteiger partial charge in [-0.2, -0.15) is 0 Å². The van der Waals surface area contributed by atoms with E-state index in [1.165, 1.54) is 12.1 Å². The first-order chi connectivity index (χ1) is 11.2. The molecule has 3 heterocycles. The van der Waals surface area contributed by atoms with E-state index < -0.39 is 0 Å². The van der Waals surface area contributed by atoms with Crippen LogP contribution in [0, 0.1) is 5.82 Å². The van der Waals surface area contributed by atoms with Gasteiger partial charge in [-0.1, -0.05) is 0 Å². The lowest BCUT2D eigenvalue weighted by Gasteiger charge is -2.31. The molecule has 0 saturated carbocycles. The maximum atomic E-state index is 13.2. The van der Waals surface area contributed by atoms with Crippen molar-refractivity contribution in [3.05, 3.63) is 42.1 Å². The number of fused-ring (bicyclic) bond motifs is 1. The normalized spacial score (nSPS) is 19.5. The second-order valence-electron chi connectivity index (χ2n) is 5.61. The lowest BCUT2D eigenvalue weighted by Crippen LogP contribution is -2.38. The highest BCUT2D eigenvalue weighted by atomic mass is 19.1. The van der Waals surface area contributed by atoms with E-state index in [0.717, 1.165) is 12.4 Å². The number of hydrogen-bond acceptors (Lipinski definition) is 6. The fourth-order valence-corrected chi connectivity index (χ4v) is 2.79. The number of oxazole rings is 1. The fraction of sp³-hybridized carbons (Fsp3) is 0.400. The molecule has 23 heavy (non-hydrogen) atoms. The minimum Gasteiger partial charge on any atom is -0.439 e. The third kappa shape index (κ3) is 2.82. The van der Waals surface area contributed by atoms with Crippen LogP contribution >= 0.6 is 0 Å². The van der Waals surface area contributed by atoms with Gasteiger partial charge in [-0.3, -0.25) is 4.90 Å². The number of benzene rings is 1. The van der Waals surface area contributed by atoms with Crippen molar-refractivity contribution >= 4 is 11.1 Å². The van der Waals surface area contributed by atoms with Gasteiger partial charge in [0.25, 0.3) is 0 Å². The first-order valence-corrected chi connectivity index (χ1v) is 7.42. The van der Waals surface area contributed by atoms with E-state index in [4.69, 9.17) is 9.15 Å². The summed E-state index contributed by atoms with van der Waals surface area (Å²) in [5.41, 5.74) is 1.14. The molecule has 1 aromatic carbocycles. The zero-order chi connectivity index (χ0) is 15.8. The van der Waals surface area contributed by atoms with Crippen LogP contribution in [-0.2, 0) is 18.3 Å². The van der Waals surface area contributed by atoms with Crippen molar-refractivity contribution < 1.29 is 13.5 Å². The molecule has 1 fully saturated rings. The summed E-state index contributed by atoms with van der Waals surface area (Å²) in [7, 11) is 1.90. The fourth-order valence-electron chi connectivity index (χ4n) is 2.79. The van der Waals surface area contributed by atoms with Crippen molar-refractivity contribution in [3.63, 3.8) is 0 Å². The second-order valence-corrected chi connectivity index (χ2v) is 5.61. The number of rotatable bonds is 3. The van der Waals surface area contributed by atoms with Crippen molar-refractivity contribution in [1.29, 1.82) is 0 Å². The van der Waals surface area contributed by atoms with Gasteiger partial charge in [0.05, 0.1) is 13.2 Å². The lowest BCUT2D eigenvalue weighted by molar-refractivity contribution is -0.0405. The highest BCUT2D eigenvalue weighted by molar-refractivity contribution is 5.72. The zero-order valence-corrected chi connectivity index (χ0v) is 12.6. The van der Waals surface area contributed by atoms with Gasteiger partial charge in [-0.15, -0.1) is 10.2 Å². The summed E-state index contributed by atoms with van der Waals surface area (Å²) in [5.74, 6) is 1.06. The molecule has 2 aromatic heterocycles. The van der Waals surface area contributed by atoms with E-state index in [0.29, 0.717) is 36.7 Å². The van der Waals surface area contributed by atoms with Gasteiger partial charge in [0.1, 0.15) is 23.8 Å². The summed E-state index contributed by atoms with van der Waals surface area (Å²) >= 11 is 0. The summed E-state index contributed by atoms with van der Waals surface area (Å²) in [5, 5.41) is 8.00. The van der Waals surface area contributed by atoms with Crippen LogP contribution in [0.5, 0.6) is 0 Å². The number of nitrogens with zero attached hydrogens (tertiary/aromatic N) is 5. The highest BCUT2D eigenvalue weighted by Gasteiger charge is 2.26. The topological polar surface area (TPSA) is 69.2 Å². The van der Waals surface area contributed by atoms with Gasteiger partial charge in [-0.25, -0.2) is 9.37 Å². The summed E-state index contributed by atoms with van der Waals surface area (Å²) in [6.45, 7) is 2.61. The Morgan fingerprint density at radius 3 is 3.13 bits per heavy atom. The van der Waals surface area contributed by atoms with E-state index >= 15 is 0 Å². The molecule has 1 aliphatic rings. The molecule has 0 amide bonds. The van der Waals surface area contributed by atoms with Gasteiger partial charge >= 0.3 is 0 Å². The molecule has 4 rings (SSSR count). The molecule has 7 nitrogen and oxygen atoms in total. The van der Waals surface area contributed by atoms with Crippen LogP contribution in [0.1, 0.15) is 17.8 Å². The quantitative estimate of drug-likeness (QED) is 0.732. The van der Waals surface area contributed by atoms with Crippen molar-refractivity contribution in [2.45, 2.75) is 12.6 Å². The minimum atomic E-state index is -0.314. The molecule has 1 atom stereocenters. The predicted octanol–water partition coefficient (Wildman–Crippen LogP) is 1.67. The monoisotopic (exact) mass is 317 g/mol. The van der Waals surface area contributed by atoms with E-state index in [-0.39, 0.29) is 11.9 Å². The molecule has 8 heteroatoms. The molecule has 0 unspecified atom stereocenters. The molecule has 1 aliphatic heterocycles. The van der Waals surface area contributed by atoms with Gasteiger partial charge < -0.3 is 13.7 Å². The Bertz CT molecular complexity index is 830. The van der Waals surface area contributed by atoms with Crippen LogP contribution in [0.2, 0.25) is 0 Å². The molecule has 0 bridgehead atoms. The summed E-state index contributed by atoms with van der Waals surface area (Å²) in [4.78, 5) is 6.54. The van der Waals surface area contributed by atoms with Gasteiger partial charge in [-0.05, 0) is 12.1 Å². The minimum absolute atomic E-state index is 0.127. The van der Waals surface area contributed by atoms with Crippen molar-refractivity contribution in [3.8, 4) is 0 Å². The molecule has 0 N–H and O–H groups in total. The summed E-state index contributed by atoms with van der Waals surface area (Å²) in [6, 6.07) is 4.35. The standard InChI is InChI=1S/C15H16FN5O2/c1-20-9-17-19-15(20)13-7-21(4-5-22-13)8-14-18-11-6-10(16)2-3-12(11)23-14/h2-3,6,9,13H,4-5,7-8H2,1H3/t13-/m0/s1. The Labute approximate surface area is 131 Å². The molecule has 0 aliphatic carbocycles. The number of halogens is 1. The maximum Gasteiger partial charge on any atom is 0.209 e. The Kier molecular flexibility index (Phi) is 3.55. The molecular weight excluding hydrogens is 301 g/mol. The van der Waals surface area contributed by atoms with Gasteiger partial charge in [0, 0.05) is 26.2 Å². The predicted molar refractivity (Wildman–Crippen MR) is 78.9 cm³/mol. The number of aryl methyl sites for hydroxylation is 1. The van der Waals surface area contributed by atoms with Crippen LogP contribution < -0.4 is 0 Å². The number of ether oxygens (including phenoxy) is 1. The van der Waals surface area contributed by atoms with E-state index in [9.17, 15) is 4.39 Å². The first kappa shape index (κ1) is 14.3. The van der Waals surface area contributed by atoms with E-state index in [1.807, 2.05) is 11.6 Å². The third-order valence-electron chi connectivity index (χ3n) is 3.94. The Morgan fingerprint density at radius 2 is 2.30 bits per heavy atom. The van der Waals surface area contributed by atoms with E-state index in [1.54, 1.807) is 12.4 Å². The largest absolute Gasteiger partial charge is 0.439 e. The lowest BCUT2D eigenvalue weighted by atomic mass is 10.2. The molecule has 1 saturated heterocycles. The van der Waals surface area contributed by atoms with Gasteiger partial charge in [0.2, 0.25) is 5.89 Å². The highest BCUT2D eigenvalue weighted by Crippen LogP contribution is 2.22. The maximum absolute atomic E-state index is 13.2. The summed E-state index contributed by atoms with van der Waals surface area (Å²) < 4.78 is 26.5. The third-order valence-corrected chi connectivity index (χ3v) is 3.94. The van der Waals surface area contributed by atoms with E-state index in [2.05, 4.69) is 20.1 Å². The average molecular weight is 317 g/mol. The number of hydrogen-bond donors (Lipinski definition) is 0. The van der Waals surface area contributed by atoms with Crippen LogP contribution in [0.25, 0.3) is 11.1 Å². The molecule has 0 radical (unpaired) electrons.